The van der Waals surface area contributed by atoms with Crippen LogP contribution in [0.4, 0.5) is 17.1 Å². The van der Waals surface area contributed by atoms with Crippen LogP contribution in [0, 0.1) is 0 Å². The van der Waals surface area contributed by atoms with E-state index < -0.39 is 0 Å². The lowest BCUT2D eigenvalue weighted by Crippen LogP contribution is -2.60. The van der Waals surface area contributed by atoms with E-state index in [0.29, 0.717) is 17.2 Å². The van der Waals surface area contributed by atoms with Crippen molar-refractivity contribution in [3.8, 4) is 34.5 Å². The lowest BCUT2D eigenvalue weighted by molar-refractivity contribution is 0.362. The molecule has 0 aromatic heterocycles. The molecule has 0 saturated heterocycles. The summed E-state index contributed by atoms with van der Waals surface area (Å²) in [5, 5.41) is 0. The zero-order valence-electron chi connectivity index (χ0n) is 25.9. The number of hydrogen-bond acceptors (Lipinski definition) is 4. The highest BCUT2D eigenvalue weighted by molar-refractivity contribution is 7.00. The predicted octanol–water partition coefficient (Wildman–Crippen LogP) is 6.51. The summed E-state index contributed by atoms with van der Waals surface area (Å²) in [6.45, 7) is -0.315. The fourth-order valence-corrected chi connectivity index (χ4v) is 7.72. The third kappa shape index (κ3) is 3.99. The van der Waals surface area contributed by atoms with Crippen molar-refractivity contribution in [1.29, 1.82) is 0 Å². The van der Waals surface area contributed by atoms with Gasteiger partial charge in [0.15, 0.2) is 23.0 Å². The average Bonchev–Trinajstić information content (AvgIpc) is 3.16. The van der Waals surface area contributed by atoms with Crippen LogP contribution in [0.5, 0.6) is 34.5 Å². The van der Waals surface area contributed by atoms with E-state index in [2.05, 4.69) is 138 Å². The van der Waals surface area contributed by atoms with Crippen LogP contribution in [0.15, 0.2) is 164 Å². The van der Waals surface area contributed by atoms with Gasteiger partial charge in [-0.3, -0.25) is 0 Å². The van der Waals surface area contributed by atoms with Gasteiger partial charge < -0.3 is 19.1 Å². The van der Waals surface area contributed by atoms with E-state index in [1.54, 1.807) is 0 Å². The molecular weight excluding hydrogens is 588 g/mol. The van der Waals surface area contributed by atoms with Gasteiger partial charge in [-0.05, 0) is 47.3 Å². The maximum absolute atomic E-state index is 7.16. The van der Waals surface area contributed by atoms with Gasteiger partial charge in [0.2, 0.25) is 0 Å². The molecule has 0 aliphatic carbocycles. The molecule has 224 valence electrons. The van der Waals surface area contributed by atoms with Crippen molar-refractivity contribution in [1.82, 2.24) is 0 Å². The molecule has 0 N–H and O–H groups in total. The van der Waals surface area contributed by atoms with Gasteiger partial charge in [-0.2, -0.15) is 0 Å². The number of fused-ring (bicyclic) bond motifs is 9. The van der Waals surface area contributed by atoms with E-state index in [1.807, 2.05) is 30.3 Å². The van der Waals surface area contributed by atoms with Gasteiger partial charge in [-0.25, -0.2) is 0 Å². The maximum atomic E-state index is 7.16. The Kier molecular flexibility index (Phi) is 6.03. The molecule has 3 aliphatic heterocycles. The first-order chi connectivity index (χ1) is 23.8. The molecule has 6 heteroatoms. The Morgan fingerprint density at radius 3 is 1.48 bits per heavy atom. The highest BCUT2D eigenvalue weighted by atomic mass is 16.6. The lowest BCUT2D eigenvalue weighted by Gasteiger charge is -2.42. The molecule has 7 aromatic carbocycles. The van der Waals surface area contributed by atoms with Crippen molar-refractivity contribution < 1.29 is 14.2 Å². The molecule has 0 spiro atoms. The van der Waals surface area contributed by atoms with E-state index in [4.69, 9.17) is 14.2 Å². The molecular formula is C42H27B2NO3. The van der Waals surface area contributed by atoms with Crippen LogP contribution in [0.2, 0.25) is 0 Å². The van der Waals surface area contributed by atoms with Crippen LogP contribution in [-0.4, -0.2) is 13.4 Å². The smallest absolute Gasteiger partial charge is 0.256 e. The fraction of sp³-hybridized carbons (Fsp3) is 0. The molecule has 0 bridgehead atoms. The third-order valence-electron chi connectivity index (χ3n) is 9.70. The Hall–Kier alpha value is -6.13. The van der Waals surface area contributed by atoms with Gasteiger partial charge in [-0.15, -0.1) is 0 Å². The average molecular weight is 615 g/mol. The van der Waals surface area contributed by atoms with E-state index in [0.717, 1.165) is 56.2 Å². The van der Waals surface area contributed by atoms with Crippen molar-refractivity contribution in [3.63, 3.8) is 0 Å². The minimum absolute atomic E-state index is 0.152. The SMILES string of the molecule is c1ccc(B2c3ccccc3Oc3c2c2c(c4c3N(c3ccccc3)c3ccccc3B4c3ccccc3)Oc3ccccc3O2)cc1. The summed E-state index contributed by atoms with van der Waals surface area (Å²) in [5.41, 5.74) is 9.65. The molecule has 48 heavy (non-hydrogen) atoms. The zero-order chi connectivity index (χ0) is 31.6. The number of anilines is 3. The number of nitrogens with zero attached hydrogens (tertiary/aromatic N) is 1. The Morgan fingerprint density at radius 2 is 0.833 bits per heavy atom. The summed E-state index contributed by atoms with van der Waals surface area (Å²) < 4.78 is 21.2. The Bertz CT molecular complexity index is 2350. The molecule has 0 atom stereocenters. The van der Waals surface area contributed by atoms with Gasteiger partial charge in [0.05, 0.1) is 5.69 Å². The second kappa shape index (κ2) is 10.7. The minimum Gasteiger partial charge on any atom is -0.456 e. The van der Waals surface area contributed by atoms with Crippen molar-refractivity contribution in [2.45, 2.75) is 0 Å². The van der Waals surface area contributed by atoms with Gasteiger partial charge in [-0.1, -0.05) is 138 Å². The second-order valence-corrected chi connectivity index (χ2v) is 12.4. The molecule has 7 aromatic rings. The molecule has 0 radical (unpaired) electrons. The quantitative estimate of drug-likeness (QED) is 0.212. The van der Waals surface area contributed by atoms with Crippen LogP contribution in [0.1, 0.15) is 0 Å². The number of benzene rings is 7. The highest BCUT2D eigenvalue weighted by Gasteiger charge is 2.48. The molecule has 3 aliphatic rings. The van der Waals surface area contributed by atoms with Crippen molar-refractivity contribution in [3.05, 3.63) is 164 Å². The maximum Gasteiger partial charge on any atom is 0.256 e. The first-order valence-electron chi connectivity index (χ1n) is 16.3. The molecule has 10 rings (SSSR count). The van der Waals surface area contributed by atoms with Gasteiger partial charge in [0.25, 0.3) is 13.4 Å². The molecule has 3 heterocycles. The number of rotatable bonds is 3. The van der Waals surface area contributed by atoms with Crippen molar-refractivity contribution in [2.24, 2.45) is 0 Å². The Balaban J connectivity index is 1.39. The van der Waals surface area contributed by atoms with Crippen LogP contribution in [0.3, 0.4) is 0 Å². The zero-order valence-corrected chi connectivity index (χ0v) is 25.9. The fourth-order valence-electron chi connectivity index (χ4n) is 7.72. The first-order valence-corrected chi connectivity index (χ1v) is 16.3. The summed E-state index contributed by atoms with van der Waals surface area (Å²) in [4.78, 5) is 2.35. The number of hydrogen-bond donors (Lipinski definition) is 0. The normalized spacial score (nSPS) is 13.4. The number of ether oxygens (including phenoxy) is 3. The molecule has 4 nitrogen and oxygen atoms in total. The summed E-state index contributed by atoms with van der Waals surface area (Å²) in [6, 6.07) is 56.9. The van der Waals surface area contributed by atoms with Crippen LogP contribution in [0.25, 0.3) is 0 Å². The number of para-hydroxylation sites is 5. The van der Waals surface area contributed by atoms with E-state index in [9.17, 15) is 0 Å². The van der Waals surface area contributed by atoms with Gasteiger partial charge in [0, 0.05) is 22.3 Å². The largest absolute Gasteiger partial charge is 0.456 e. The van der Waals surface area contributed by atoms with Crippen molar-refractivity contribution in [2.75, 3.05) is 4.90 Å². The summed E-state index contributed by atoms with van der Waals surface area (Å²) in [5.74, 6) is 4.40. The van der Waals surface area contributed by atoms with Gasteiger partial charge >= 0.3 is 0 Å². The summed E-state index contributed by atoms with van der Waals surface area (Å²) in [7, 11) is 0. The predicted molar refractivity (Wildman–Crippen MR) is 196 cm³/mol. The molecule has 0 amide bonds. The summed E-state index contributed by atoms with van der Waals surface area (Å²) in [6.07, 6.45) is 0. The monoisotopic (exact) mass is 615 g/mol. The molecule has 0 unspecified atom stereocenters. The van der Waals surface area contributed by atoms with Gasteiger partial charge in [0.1, 0.15) is 11.5 Å². The first kappa shape index (κ1) is 27.0. The molecule has 0 saturated carbocycles. The Labute approximate surface area is 280 Å². The van der Waals surface area contributed by atoms with Crippen LogP contribution >= 0.6 is 0 Å². The van der Waals surface area contributed by atoms with E-state index >= 15 is 0 Å². The Morgan fingerprint density at radius 1 is 0.375 bits per heavy atom. The topological polar surface area (TPSA) is 30.9 Å². The second-order valence-electron chi connectivity index (χ2n) is 12.4. The van der Waals surface area contributed by atoms with E-state index in [1.165, 1.54) is 10.9 Å². The third-order valence-corrected chi connectivity index (χ3v) is 9.70. The summed E-state index contributed by atoms with van der Waals surface area (Å²) >= 11 is 0. The van der Waals surface area contributed by atoms with E-state index in [-0.39, 0.29) is 13.4 Å². The van der Waals surface area contributed by atoms with Crippen molar-refractivity contribution >= 4 is 63.3 Å². The standard InChI is InChI=1S/C42H27B2NO3/c1-4-16-28(17-5-1)43-31-22-10-12-24-33(31)45(30-20-8-3-9-21-30)39-37(43)41-42(48-36-27-15-14-26-35(36)47-41)38-40(39)46-34-25-13-11-23-32(34)44(38)29-18-6-2-7-19-29/h1-27H. The highest BCUT2D eigenvalue weighted by Crippen LogP contribution is 2.52. The lowest BCUT2D eigenvalue weighted by atomic mass is 9.32. The minimum atomic E-state index is -0.163. The van der Waals surface area contributed by atoms with Crippen LogP contribution < -0.4 is 51.9 Å². The van der Waals surface area contributed by atoms with Crippen LogP contribution in [-0.2, 0) is 0 Å². The molecule has 0 fully saturated rings.